The maximum atomic E-state index is 3.18. The lowest BCUT2D eigenvalue weighted by Crippen LogP contribution is -2.10. The molecule has 0 aliphatic carbocycles. The molecular weight excluding hydrogens is 134 g/mol. The zero-order chi connectivity index (χ0) is 8.53. The van der Waals surface area contributed by atoms with E-state index in [0.717, 1.165) is 6.54 Å². The first-order chi connectivity index (χ1) is 5.35. The van der Waals surface area contributed by atoms with Crippen molar-refractivity contribution in [3.8, 4) is 0 Å². The van der Waals surface area contributed by atoms with Gasteiger partial charge in [-0.3, -0.25) is 0 Å². The molecule has 1 heteroatoms. The summed E-state index contributed by atoms with van der Waals surface area (Å²) >= 11 is 0. The minimum absolute atomic E-state index is 1.06. The van der Waals surface area contributed by atoms with Crippen LogP contribution in [0.3, 0.4) is 0 Å². The Morgan fingerprint density at radius 1 is 1.36 bits per heavy atom. The molecule has 0 saturated heterocycles. The van der Waals surface area contributed by atoms with Crippen LogP contribution in [0.2, 0.25) is 0 Å². The molecule has 0 atom stereocenters. The number of hydrogen-bond donors (Lipinski definition) is 1. The second-order valence-corrected chi connectivity index (χ2v) is 2.93. The van der Waals surface area contributed by atoms with Crippen LogP contribution >= 0.6 is 0 Å². The molecule has 0 rings (SSSR count). The average Bonchev–Trinajstić information content (AvgIpc) is 2.03. The third-order valence-electron chi connectivity index (χ3n) is 1.91. The van der Waals surface area contributed by atoms with Gasteiger partial charge in [0.15, 0.2) is 0 Å². The van der Waals surface area contributed by atoms with Gasteiger partial charge in [0.05, 0.1) is 0 Å². The molecule has 0 aromatic rings. The first kappa shape index (κ1) is 10.7. The molecule has 0 spiro atoms. The van der Waals surface area contributed by atoms with Crippen LogP contribution in [0.4, 0.5) is 0 Å². The van der Waals surface area contributed by atoms with Gasteiger partial charge in [0.1, 0.15) is 0 Å². The van der Waals surface area contributed by atoms with E-state index in [9.17, 15) is 0 Å². The third-order valence-corrected chi connectivity index (χ3v) is 1.91. The highest BCUT2D eigenvalue weighted by atomic mass is 14.8. The van der Waals surface area contributed by atoms with Crippen molar-refractivity contribution in [1.29, 1.82) is 0 Å². The summed E-state index contributed by atoms with van der Waals surface area (Å²) in [6.45, 7) is 5.42. The molecule has 0 unspecified atom stereocenters. The summed E-state index contributed by atoms with van der Waals surface area (Å²) in [5, 5.41) is 3.18. The Kier molecular flexibility index (Phi) is 7.59. The van der Waals surface area contributed by atoms with Crippen molar-refractivity contribution in [3.63, 3.8) is 0 Å². The van der Waals surface area contributed by atoms with E-state index in [1.54, 1.807) is 5.57 Å². The average molecular weight is 155 g/mol. The summed E-state index contributed by atoms with van der Waals surface area (Å²) in [6.07, 6.45) is 7.52. The minimum atomic E-state index is 1.06. The van der Waals surface area contributed by atoms with Crippen LogP contribution in [0.25, 0.3) is 0 Å². The van der Waals surface area contributed by atoms with Crippen molar-refractivity contribution in [1.82, 2.24) is 5.32 Å². The number of allylic oxidation sites excluding steroid dienone is 1. The maximum absolute atomic E-state index is 3.18. The Balaban J connectivity index is 3.37. The number of nitrogens with one attached hydrogen (secondary N) is 1. The summed E-state index contributed by atoms with van der Waals surface area (Å²) in [5.41, 5.74) is 1.54. The molecule has 0 radical (unpaired) electrons. The van der Waals surface area contributed by atoms with Crippen LogP contribution < -0.4 is 5.32 Å². The van der Waals surface area contributed by atoms with Crippen LogP contribution in [-0.4, -0.2) is 13.6 Å². The van der Waals surface area contributed by atoms with Crippen molar-refractivity contribution < 1.29 is 0 Å². The summed E-state index contributed by atoms with van der Waals surface area (Å²) in [4.78, 5) is 0. The van der Waals surface area contributed by atoms with Gasteiger partial charge in [-0.15, -0.1) is 0 Å². The van der Waals surface area contributed by atoms with E-state index in [2.05, 4.69) is 25.2 Å². The van der Waals surface area contributed by atoms with Crippen LogP contribution in [0.5, 0.6) is 0 Å². The molecule has 0 aliphatic rings. The largest absolute Gasteiger partial charge is 0.316 e. The molecule has 66 valence electrons. The highest BCUT2D eigenvalue weighted by Crippen LogP contribution is 2.07. The van der Waals surface area contributed by atoms with E-state index in [-0.39, 0.29) is 0 Å². The fraction of sp³-hybridized carbons (Fsp3) is 0.800. The van der Waals surface area contributed by atoms with Gasteiger partial charge < -0.3 is 5.32 Å². The second-order valence-electron chi connectivity index (χ2n) is 2.93. The third kappa shape index (κ3) is 6.11. The lowest BCUT2D eigenvalue weighted by molar-refractivity contribution is 0.693. The van der Waals surface area contributed by atoms with E-state index in [0.29, 0.717) is 0 Å². The summed E-state index contributed by atoms with van der Waals surface area (Å²) in [6, 6.07) is 0. The van der Waals surface area contributed by atoms with E-state index in [1.165, 1.54) is 25.7 Å². The zero-order valence-corrected chi connectivity index (χ0v) is 8.11. The van der Waals surface area contributed by atoms with E-state index < -0.39 is 0 Å². The van der Waals surface area contributed by atoms with Crippen LogP contribution in [0.15, 0.2) is 11.6 Å². The van der Waals surface area contributed by atoms with Crippen molar-refractivity contribution in [2.45, 2.75) is 39.5 Å². The van der Waals surface area contributed by atoms with E-state index in [1.807, 2.05) is 7.05 Å². The monoisotopic (exact) mass is 155 g/mol. The number of hydrogen-bond acceptors (Lipinski definition) is 1. The standard InChI is InChI=1S/C10H21N/c1-4-6-7-8-10(5-2)9-11-3/h5,11H,4,6-9H2,1-3H3. The van der Waals surface area contributed by atoms with Gasteiger partial charge in [-0.05, 0) is 26.8 Å². The van der Waals surface area contributed by atoms with Gasteiger partial charge in [-0.2, -0.15) is 0 Å². The molecule has 0 fully saturated rings. The predicted molar refractivity (Wildman–Crippen MR) is 51.8 cm³/mol. The normalized spacial score (nSPS) is 12.1. The number of likely N-dealkylation sites (N-methyl/N-ethyl adjacent to an activating group) is 1. The van der Waals surface area contributed by atoms with Crippen molar-refractivity contribution in [3.05, 3.63) is 11.6 Å². The topological polar surface area (TPSA) is 12.0 Å². The Hall–Kier alpha value is -0.300. The smallest absolute Gasteiger partial charge is 0.0161 e. The molecular formula is C10H21N. The molecule has 0 aliphatic heterocycles. The molecule has 1 N–H and O–H groups in total. The SMILES string of the molecule is CC=C(CCCCC)CNC. The Labute approximate surface area is 70.9 Å². The first-order valence-electron chi connectivity index (χ1n) is 4.63. The number of rotatable bonds is 6. The maximum Gasteiger partial charge on any atom is 0.0161 e. The molecule has 1 nitrogen and oxygen atoms in total. The van der Waals surface area contributed by atoms with Gasteiger partial charge in [0.25, 0.3) is 0 Å². The van der Waals surface area contributed by atoms with Crippen molar-refractivity contribution in [2.75, 3.05) is 13.6 Å². The fourth-order valence-electron chi connectivity index (χ4n) is 1.16. The second kappa shape index (κ2) is 7.80. The van der Waals surface area contributed by atoms with Crippen LogP contribution in [0.1, 0.15) is 39.5 Å². The van der Waals surface area contributed by atoms with Gasteiger partial charge >= 0.3 is 0 Å². The van der Waals surface area contributed by atoms with Gasteiger partial charge in [-0.25, -0.2) is 0 Å². The molecule has 11 heavy (non-hydrogen) atoms. The molecule has 0 saturated carbocycles. The van der Waals surface area contributed by atoms with Gasteiger partial charge in [0, 0.05) is 6.54 Å². The quantitative estimate of drug-likeness (QED) is 0.459. The number of unbranched alkanes of at least 4 members (excludes halogenated alkanes) is 2. The highest BCUT2D eigenvalue weighted by Gasteiger charge is 1.93. The Bertz CT molecular complexity index is 105. The van der Waals surface area contributed by atoms with E-state index in [4.69, 9.17) is 0 Å². The lowest BCUT2D eigenvalue weighted by atomic mass is 10.1. The molecule has 0 bridgehead atoms. The van der Waals surface area contributed by atoms with Crippen molar-refractivity contribution in [2.24, 2.45) is 0 Å². The van der Waals surface area contributed by atoms with Crippen LogP contribution in [-0.2, 0) is 0 Å². The van der Waals surface area contributed by atoms with Crippen molar-refractivity contribution >= 4 is 0 Å². The molecule has 0 heterocycles. The van der Waals surface area contributed by atoms with E-state index >= 15 is 0 Å². The Morgan fingerprint density at radius 2 is 2.09 bits per heavy atom. The first-order valence-corrected chi connectivity index (χ1v) is 4.63. The predicted octanol–water partition coefficient (Wildman–Crippen LogP) is 2.73. The lowest BCUT2D eigenvalue weighted by Gasteiger charge is -2.04. The van der Waals surface area contributed by atoms with Gasteiger partial charge in [0.2, 0.25) is 0 Å². The molecule has 0 aromatic carbocycles. The molecule has 0 amide bonds. The Morgan fingerprint density at radius 3 is 2.55 bits per heavy atom. The van der Waals surface area contributed by atoms with Crippen LogP contribution in [0, 0.1) is 0 Å². The zero-order valence-electron chi connectivity index (χ0n) is 8.11. The summed E-state index contributed by atoms with van der Waals surface area (Å²) in [5.74, 6) is 0. The van der Waals surface area contributed by atoms with Gasteiger partial charge in [-0.1, -0.05) is 31.4 Å². The molecule has 0 aromatic heterocycles. The fourth-order valence-corrected chi connectivity index (χ4v) is 1.16. The summed E-state index contributed by atoms with van der Waals surface area (Å²) in [7, 11) is 2.00. The summed E-state index contributed by atoms with van der Waals surface area (Å²) < 4.78 is 0. The highest BCUT2D eigenvalue weighted by molar-refractivity contribution is 5.01. The minimum Gasteiger partial charge on any atom is -0.316 e.